The van der Waals surface area contributed by atoms with Crippen molar-refractivity contribution in [2.45, 2.75) is 20.8 Å². The van der Waals surface area contributed by atoms with Crippen molar-refractivity contribution in [3.05, 3.63) is 69.5 Å². The van der Waals surface area contributed by atoms with Crippen LogP contribution < -0.4 is 4.74 Å². The number of nitriles is 1. The molecule has 0 unspecified atom stereocenters. The molecule has 3 rings (SSSR count). The van der Waals surface area contributed by atoms with Crippen LogP contribution in [0, 0.1) is 25.2 Å². The number of ether oxygens (including phenoxy) is 1. The summed E-state index contributed by atoms with van der Waals surface area (Å²) in [5.74, 6) is 0.113. The Balaban J connectivity index is 1.87. The Morgan fingerprint density at radius 2 is 1.89 bits per heavy atom. The molecule has 0 saturated carbocycles. The van der Waals surface area contributed by atoms with Crippen LogP contribution in [0.3, 0.4) is 0 Å². The number of hydrogen-bond acceptors (Lipinski definition) is 5. The van der Waals surface area contributed by atoms with Crippen LogP contribution in [-0.2, 0) is 4.79 Å². The minimum absolute atomic E-state index is 0.363. The summed E-state index contributed by atoms with van der Waals surface area (Å²) in [6.07, 6.45) is 1.78. The Bertz CT molecular complexity index is 1060. The lowest BCUT2D eigenvalue weighted by Crippen LogP contribution is -2.00. The highest BCUT2D eigenvalue weighted by Crippen LogP contribution is 2.28. The summed E-state index contributed by atoms with van der Waals surface area (Å²) >= 11 is 1.45. The maximum atomic E-state index is 11.0. The van der Waals surface area contributed by atoms with E-state index in [1.807, 2.05) is 11.4 Å². The molecule has 0 atom stereocenters. The van der Waals surface area contributed by atoms with Gasteiger partial charge in [-0.25, -0.2) is 4.98 Å². The maximum Gasteiger partial charge on any atom is 0.308 e. The van der Waals surface area contributed by atoms with Crippen molar-refractivity contribution in [1.29, 1.82) is 5.26 Å². The highest BCUT2D eigenvalue weighted by atomic mass is 32.1. The molecular formula is C22H18N2O2S. The molecule has 1 heterocycles. The number of thiazole rings is 1. The van der Waals surface area contributed by atoms with E-state index in [0.29, 0.717) is 16.3 Å². The van der Waals surface area contributed by atoms with E-state index in [4.69, 9.17) is 4.74 Å². The van der Waals surface area contributed by atoms with Crippen LogP contribution >= 0.6 is 11.3 Å². The summed E-state index contributed by atoms with van der Waals surface area (Å²) < 4.78 is 5.02. The highest BCUT2D eigenvalue weighted by molar-refractivity contribution is 7.11. The molecule has 0 fully saturated rings. The predicted octanol–water partition coefficient (Wildman–Crippen LogP) is 5.42. The lowest BCUT2D eigenvalue weighted by atomic mass is 10.1. The van der Waals surface area contributed by atoms with Crippen LogP contribution in [0.2, 0.25) is 0 Å². The van der Waals surface area contributed by atoms with Gasteiger partial charge in [-0.1, -0.05) is 24.3 Å². The molecule has 0 aliphatic rings. The number of nitrogens with zero attached hydrogens (tertiary/aromatic N) is 2. The van der Waals surface area contributed by atoms with Crippen molar-refractivity contribution >= 4 is 29.0 Å². The molecule has 0 bridgehead atoms. The van der Waals surface area contributed by atoms with Gasteiger partial charge in [0.1, 0.15) is 16.8 Å². The molecule has 4 nitrogen and oxygen atoms in total. The number of carbonyl (C=O) groups excluding carboxylic acids is 1. The number of aryl methyl sites for hydroxylation is 2. The van der Waals surface area contributed by atoms with E-state index in [2.05, 4.69) is 37.0 Å². The molecule has 0 aliphatic carbocycles. The molecule has 0 amide bonds. The third-order valence-electron chi connectivity index (χ3n) is 4.11. The van der Waals surface area contributed by atoms with Gasteiger partial charge in [-0.15, -0.1) is 11.3 Å². The van der Waals surface area contributed by atoms with Crippen molar-refractivity contribution in [2.24, 2.45) is 0 Å². The summed E-state index contributed by atoms with van der Waals surface area (Å²) in [6, 6.07) is 15.5. The molecule has 2 aromatic carbocycles. The lowest BCUT2D eigenvalue weighted by molar-refractivity contribution is -0.131. The van der Waals surface area contributed by atoms with Gasteiger partial charge in [0, 0.05) is 17.9 Å². The van der Waals surface area contributed by atoms with Crippen molar-refractivity contribution in [3.8, 4) is 23.1 Å². The molecular weight excluding hydrogens is 356 g/mol. The zero-order valence-electron chi connectivity index (χ0n) is 15.3. The molecule has 0 saturated heterocycles. The molecule has 134 valence electrons. The van der Waals surface area contributed by atoms with Gasteiger partial charge in [0.05, 0.1) is 11.3 Å². The van der Waals surface area contributed by atoms with Crippen molar-refractivity contribution in [3.63, 3.8) is 0 Å². The van der Waals surface area contributed by atoms with E-state index in [0.717, 1.165) is 16.8 Å². The van der Waals surface area contributed by atoms with Crippen LogP contribution in [0.4, 0.5) is 0 Å². The summed E-state index contributed by atoms with van der Waals surface area (Å²) in [4.78, 5) is 15.6. The first kappa shape index (κ1) is 18.6. The normalized spacial score (nSPS) is 11.1. The molecule has 3 aromatic rings. The average Bonchev–Trinajstić information content (AvgIpc) is 3.13. The fraction of sp³-hybridized carbons (Fsp3) is 0.136. The van der Waals surface area contributed by atoms with E-state index in [1.165, 1.54) is 29.4 Å². The SMILES string of the molecule is CC(=O)Oc1ccc(/C=C(\C#N)c2nc(-c3ccc(C)c(C)c3)cs2)cc1. The monoisotopic (exact) mass is 374 g/mol. The summed E-state index contributed by atoms with van der Waals surface area (Å²) in [5, 5.41) is 12.2. The molecule has 0 spiro atoms. The highest BCUT2D eigenvalue weighted by Gasteiger charge is 2.10. The number of carbonyl (C=O) groups is 1. The predicted molar refractivity (Wildman–Crippen MR) is 108 cm³/mol. The van der Waals surface area contributed by atoms with Gasteiger partial charge in [0.25, 0.3) is 0 Å². The van der Waals surface area contributed by atoms with Gasteiger partial charge in [-0.05, 0) is 54.8 Å². The quantitative estimate of drug-likeness (QED) is 0.348. The number of hydrogen-bond donors (Lipinski definition) is 0. The minimum atomic E-state index is -0.363. The molecule has 0 radical (unpaired) electrons. The van der Waals surface area contributed by atoms with Crippen LogP contribution in [-0.4, -0.2) is 11.0 Å². The van der Waals surface area contributed by atoms with Crippen LogP contribution in [0.15, 0.2) is 47.8 Å². The Kier molecular flexibility index (Phi) is 5.49. The van der Waals surface area contributed by atoms with E-state index in [-0.39, 0.29) is 5.97 Å². The molecule has 0 aliphatic heterocycles. The minimum Gasteiger partial charge on any atom is -0.427 e. The fourth-order valence-corrected chi connectivity index (χ4v) is 3.33. The summed E-state index contributed by atoms with van der Waals surface area (Å²) in [5.41, 5.74) is 5.70. The zero-order chi connectivity index (χ0) is 19.4. The standard InChI is InChI=1S/C22H18N2O2S/c1-14-4-7-18(10-15(14)2)21-13-27-22(24-21)19(12-23)11-17-5-8-20(9-6-17)26-16(3)25/h4-11,13H,1-3H3/b19-11+. The Morgan fingerprint density at radius 1 is 1.15 bits per heavy atom. The van der Waals surface area contributed by atoms with Crippen molar-refractivity contribution in [1.82, 2.24) is 4.98 Å². The van der Waals surface area contributed by atoms with E-state index < -0.39 is 0 Å². The maximum absolute atomic E-state index is 11.0. The van der Waals surface area contributed by atoms with Crippen molar-refractivity contribution in [2.75, 3.05) is 0 Å². The summed E-state index contributed by atoms with van der Waals surface area (Å²) in [7, 11) is 0. The number of allylic oxidation sites excluding steroid dienone is 1. The van der Waals surface area contributed by atoms with Crippen LogP contribution in [0.25, 0.3) is 22.9 Å². The lowest BCUT2D eigenvalue weighted by Gasteiger charge is -2.02. The average molecular weight is 374 g/mol. The van der Waals surface area contributed by atoms with Gasteiger partial charge in [0.15, 0.2) is 0 Å². The molecule has 5 heteroatoms. The third kappa shape index (κ3) is 4.49. The smallest absolute Gasteiger partial charge is 0.308 e. The number of esters is 1. The van der Waals surface area contributed by atoms with Gasteiger partial charge < -0.3 is 4.74 Å². The van der Waals surface area contributed by atoms with Crippen LogP contribution in [0.5, 0.6) is 5.75 Å². The summed E-state index contributed by atoms with van der Waals surface area (Å²) in [6.45, 7) is 5.51. The third-order valence-corrected chi connectivity index (χ3v) is 4.99. The van der Waals surface area contributed by atoms with Crippen LogP contribution in [0.1, 0.15) is 28.6 Å². The van der Waals surface area contributed by atoms with E-state index >= 15 is 0 Å². The van der Waals surface area contributed by atoms with Gasteiger partial charge in [0.2, 0.25) is 0 Å². The Labute approximate surface area is 162 Å². The van der Waals surface area contributed by atoms with E-state index in [9.17, 15) is 10.1 Å². The topological polar surface area (TPSA) is 63.0 Å². The largest absolute Gasteiger partial charge is 0.427 e. The number of aromatic nitrogens is 1. The Hall–Kier alpha value is -3.23. The number of rotatable bonds is 4. The van der Waals surface area contributed by atoms with Gasteiger partial charge in [-0.2, -0.15) is 5.26 Å². The molecule has 27 heavy (non-hydrogen) atoms. The second kappa shape index (κ2) is 7.98. The first-order chi connectivity index (χ1) is 13.0. The second-order valence-corrected chi connectivity index (χ2v) is 7.03. The Morgan fingerprint density at radius 3 is 2.52 bits per heavy atom. The van der Waals surface area contributed by atoms with Gasteiger partial charge in [-0.3, -0.25) is 4.79 Å². The fourth-order valence-electron chi connectivity index (χ4n) is 2.54. The zero-order valence-corrected chi connectivity index (χ0v) is 16.1. The second-order valence-electron chi connectivity index (χ2n) is 6.17. The number of benzene rings is 2. The van der Waals surface area contributed by atoms with E-state index in [1.54, 1.807) is 30.3 Å². The molecule has 1 aromatic heterocycles. The van der Waals surface area contributed by atoms with Gasteiger partial charge >= 0.3 is 5.97 Å². The first-order valence-corrected chi connectivity index (χ1v) is 9.28. The van der Waals surface area contributed by atoms with Crippen molar-refractivity contribution < 1.29 is 9.53 Å². The first-order valence-electron chi connectivity index (χ1n) is 8.40. The molecule has 0 N–H and O–H groups in total.